The number of halogens is 1. The van der Waals surface area contributed by atoms with Crippen molar-refractivity contribution in [2.75, 3.05) is 0 Å². The van der Waals surface area contributed by atoms with Gasteiger partial charge in [0.05, 0.1) is 0 Å². The molecule has 1 heterocycles. The van der Waals surface area contributed by atoms with Crippen molar-refractivity contribution in [2.24, 2.45) is 5.73 Å². The lowest BCUT2D eigenvalue weighted by Crippen LogP contribution is -2.40. The number of hydrogen-bond donors (Lipinski definition) is 1. The minimum Gasteiger partial charge on any atom is -0.487 e. The molecule has 2 atom stereocenters. The predicted molar refractivity (Wildman–Crippen MR) is 81.7 cm³/mol. The molecule has 1 aliphatic heterocycles. The lowest BCUT2D eigenvalue weighted by Gasteiger charge is -2.39. The average Bonchev–Trinajstić information content (AvgIpc) is 2.47. The summed E-state index contributed by atoms with van der Waals surface area (Å²) in [5, 5.41) is 0. The maximum absolute atomic E-state index is 13.3. The highest BCUT2D eigenvalue weighted by Gasteiger charge is 2.35. The highest BCUT2D eigenvalue weighted by Crippen LogP contribution is 2.40. The number of hydrogen-bond acceptors (Lipinski definition) is 2. The van der Waals surface area contributed by atoms with Gasteiger partial charge in [0.2, 0.25) is 0 Å². The van der Waals surface area contributed by atoms with Gasteiger partial charge in [0, 0.05) is 18.0 Å². The molecule has 21 heavy (non-hydrogen) atoms. The zero-order valence-electron chi connectivity index (χ0n) is 12.2. The zero-order chi connectivity index (χ0) is 14.9. The van der Waals surface area contributed by atoms with E-state index in [0.29, 0.717) is 12.2 Å². The van der Waals surface area contributed by atoms with E-state index in [-0.39, 0.29) is 17.5 Å². The van der Waals surface area contributed by atoms with Crippen LogP contribution in [0, 0.1) is 5.82 Å². The standard InChI is InChI=1S/C18H20FNO/c1-18(10-9-13-5-3-2-4-6-13)12-16(20)15-11-14(19)7-8-17(15)21-18/h2-8,11,16H,9-10,12,20H2,1H3. The molecule has 0 saturated heterocycles. The van der Waals surface area contributed by atoms with Crippen LogP contribution in [0.25, 0.3) is 0 Å². The number of ether oxygens (including phenoxy) is 1. The summed E-state index contributed by atoms with van der Waals surface area (Å²) in [5.41, 5.74) is 7.97. The summed E-state index contributed by atoms with van der Waals surface area (Å²) in [6, 6.07) is 14.8. The van der Waals surface area contributed by atoms with Crippen LogP contribution >= 0.6 is 0 Å². The molecule has 0 spiro atoms. The second-order valence-electron chi connectivity index (χ2n) is 6.03. The van der Waals surface area contributed by atoms with Crippen molar-refractivity contribution >= 4 is 0 Å². The zero-order valence-corrected chi connectivity index (χ0v) is 12.2. The van der Waals surface area contributed by atoms with E-state index >= 15 is 0 Å². The van der Waals surface area contributed by atoms with Gasteiger partial charge >= 0.3 is 0 Å². The lowest BCUT2D eigenvalue weighted by atomic mass is 9.85. The van der Waals surface area contributed by atoms with Gasteiger partial charge in [-0.3, -0.25) is 0 Å². The third kappa shape index (κ3) is 3.08. The summed E-state index contributed by atoms with van der Waals surface area (Å²) in [6.45, 7) is 2.09. The van der Waals surface area contributed by atoms with Gasteiger partial charge in [-0.1, -0.05) is 30.3 Å². The molecular weight excluding hydrogens is 265 g/mol. The number of benzene rings is 2. The third-order valence-electron chi connectivity index (χ3n) is 4.16. The van der Waals surface area contributed by atoms with Gasteiger partial charge in [0.1, 0.15) is 17.2 Å². The van der Waals surface area contributed by atoms with Gasteiger partial charge in [0.25, 0.3) is 0 Å². The quantitative estimate of drug-likeness (QED) is 0.925. The molecule has 0 saturated carbocycles. The van der Waals surface area contributed by atoms with E-state index in [1.165, 1.54) is 17.7 Å². The molecule has 0 fully saturated rings. The van der Waals surface area contributed by atoms with Gasteiger partial charge in [-0.25, -0.2) is 4.39 Å². The van der Waals surface area contributed by atoms with E-state index in [1.54, 1.807) is 6.07 Å². The van der Waals surface area contributed by atoms with Crippen LogP contribution in [0.5, 0.6) is 5.75 Å². The molecule has 0 amide bonds. The van der Waals surface area contributed by atoms with E-state index in [1.807, 2.05) is 18.2 Å². The number of rotatable bonds is 3. The van der Waals surface area contributed by atoms with Crippen LogP contribution in [0.1, 0.15) is 36.9 Å². The summed E-state index contributed by atoms with van der Waals surface area (Å²) < 4.78 is 19.4. The van der Waals surface area contributed by atoms with Crippen LogP contribution in [-0.2, 0) is 6.42 Å². The fraction of sp³-hybridized carbons (Fsp3) is 0.333. The summed E-state index contributed by atoms with van der Waals surface area (Å²) in [6.07, 6.45) is 2.54. The van der Waals surface area contributed by atoms with Crippen LogP contribution in [0.15, 0.2) is 48.5 Å². The molecule has 2 unspecified atom stereocenters. The summed E-state index contributed by atoms with van der Waals surface area (Å²) in [4.78, 5) is 0. The summed E-state index contributed by atoms with van der Waals surface area (Å²) in [7, 11) is 0. The largest absolute Gasteiger partial charge is 0.487 e. The Hall–Kier alpha value is -1.87. The normalized spacial score (nSPS) is 24.2. The lowest BCUT2D eigenvalue weighted by molar-refractivity contribution is 0.0456. The Labute approximate surface area is 124 Å². The van der Waals surface area contributed by atoms with E-state index in [9.17, 15) is 4.39 Å². The Morgan fingerprint density at radius 3 is 2.76 bits per heavy atom. The van der Waals surface area contributed by atoms with Gasteiger partial charge in [-0.15, -0.1) is 0 Å². The van der Waals surface area contributed by atoms with Crippen LogP contribution in [0.2, 0.25) is 0 Å². The Kier molecular flexibility index (Phi) is 3.68. The monoisotopic (exact) mass is 285 g/mol. The van der Waals surface area contributed by atoms with Crippen LogP contribution in [0.3, 0.4) is 0 Å². The molecule has 2 aromatic carbocycles. The number of fused-ring (bicyclic) bond motifs is 1. The first-order valence-electron chi connectivity index (χ1n) is 7.34. The Balaban J connectivity index is 1.76. The smallest absolute Gasteiger partial charge is 0.125 e. The fourth-order valence-electron chi connectivity index (χ4n) is 2.99. The summed E-state index contributed by atoms with van der Waals surface area (Å²) >= 11 is 0. The molecule has 0 aromatic heterocycles. The molecule has 1 aliphatic rings. The minimum atomic E-state index is -0.305. The predicted octanol–water partition coefficient (Wildman–Crippen LogP) is 4.00. The second-order valence-corrected chi connectivity index (χ2v) is 6.03. The van der Waals surface area contributed by atoms with Gasteiger partial charge < -0.3 is 10.5 Å². The minimum absolute atomic E-state index is 0.176. The van der Waals surface area contributed by atoms with Crippen molar-refractivity contribution in [1.82, 2.24) is 0 Å². The van der Waals surface area contributed by atoms with E-state index in [4.69, 9.17) is 10.5 Å². The number of aryl methyl sites for hydroxylation is 1. The van der Waals surface area contributed by atoms with Crippen molar-refractivity contribution < 1.29 is 9.13 Å². The average molecular weight is 285 g/mol. The topological polar surface area (TPSA) is 35.2 Å². The Morgan fingerprint density at radius 1 is 1.24 bits per heavy atom. The SMILES string of the molecule is CC1(CCc2ccccc2)CC(N)c2cc(F)ccc2O1. The van der Waals surface area contributed by atoms with E-state index in [0.717, 1.165) is 18.4 Å². The first kappa shape index (κ1) is 14.1. The van der Waals surface area contributed by atoms with Crippen molar-refractivity contribution in [3.63, 3.8) is 0 Å². The molecule has 0 aliphatic carbocycles. The van der Waals surface area contributed by atoms with Gasteiger partial charge in [-0.05, 0) is 43.5 Å². The van der Waals surface area contributed by atoms with Crippen molar-refractivity contribution in [2.45, 2.75) is 37.8 Å². The Bertz CT molecular complexity index is 628. The molecular formula is C18H20FNO. The first-order chi connectivity index (χ1) is 10.1. The highest BCUT2D eigenvalue weighted by atomic mass is 19.1. The Morgan fingerprint density at radius 2 is 2.00 bits per heavy atom. The van der Waals surface area contributed by atoms with Gasteiger partial charge in [0.15, 0.2) is 0 Å². The fourth-order valence-corrected chi connectivity index (χ4v) is 2.99. The molecule has 2 aromatic rings. The molecule has 2 nitrogen and oxygen atoms in total. The molecule has 0 bridgehead atoms. The van der Waals surface area contributed by atoms with E-state index < -0.39 is 0 Å². The summed E-state index contributed by atoms with van der Waals surface area (Å²) in [5.74, 6) is 0.450. The second kappa shape index (κ2) is 5.49. The van der Waals surface area contributed by atoms with Crippen molar-refractivity contribution in [3.8, 4) is 5.75 Å². The molecule has 2 N–H and O–H groups in total. The first-order valence-corrected chi connectivity index (χ1v) is 7.34. The van der Waals surface area contributed by atoms with Gasteiger partial charge in [-0.2, -0.15) is 0 Å². The van der Waals surface area contributed by atoms with Crippen LogP contribution in [0.4, 0.5) is 4.39 Å². The molecule has 3 heteroatoms. The maximum Gasteiger partial charge on any atom is 0.125 e. The molecule has 0 radical (unpaired) electrons. The van der Waals surface area contributed by atoms with Crippen LogP contribution < -0.4 is 10.5 Å². The molecule has 110 valence electrons. The van der Waals surface area contributed by atoms with Crippen molar-refractivity contribution in [1.29, 1.82) is 0 Å². The van der Waals surface area contributed by atoms with Crippen molar-refractivity contribution in [3.05, 3.63) is 65.5 Å². The number of nitrogens with two attached hydrogens (primary N) is 1. The van der Waals surface area contributed by atoms with E-state index in [2.05, 4.69) is 19.1 Å². The third-order valence-corrected chi connectivity index (χ3v) is 4.16. The maximum atomic E-state index is 13.3. The van der Waals surface area contributed by atoms with Crippen LogP contribution in [-0.4, -0.2) is 5.60 Å². The highest BCUT2D eigenvalue weighted by molar-refractivity contribution is 5.39. The molecule has 3 rings (SSSR count).